The van der Waals surface area contributed by atoms with E-state index in [0.29, 0.717) is 17.2 Å². The normalized spacial score (nSPS) is 27.5. The zero-order valence-corrected chi connectivity index (χ0v) is 12.3. The maximum absolute atomic E-state index is 12.0. The van der Waals surface area contributed by atoms with Crippen molar-refractivity contribution in [1.82, 2.24) is 10.0 Å². The summed E-state index contributed by atoms with van der Waals surface area (Å²) in [7, 11) is -3.30. The predicted molar refractivity (Wildman–Crippen MR) is 73.7 cm³/mol. The van der Waals surface area contributed by atoms with Crippen molar-refractivity contribution in [2.24, 2.45) is 0 Å². The smallest absolute Gasteiger partial charge is 0.222 e. The Balaban J connectivity index is 1.80. The summed E-state index contributed by atoms with van der Waals surface area (Å²) in [4.78, 5) is 12.4. The standard InChI is InChI=1S/C11H13ClN2O3S2/c12-9-4-3-8(18-9)11-7(5-10(15)13-11)14-19(16,17)6-1-2-6/h3-4,6-7,11,14H,1-2,5H2,(H,13,15)/t7-,11-/m0/s1. The van der Waals surface area contributed by atoms with Gasteiger partial charge in [0.2, 0.25) is 15.9 Å². The largest absolute Gasteiger partial charge is 0.347 e. The Morgan fingerprint density at radius 1 is 1.37 bits per heavy atom. The number of nitrogens with one attached hydrogen (secondary N) is 2. The van der Waals surface area contributed by atoms with Crippen LogP contribution in [0.15, 0.2) is 12.1 Å². The van der Waals surface area contributed by atoms with Crippen LogP contribution in [0.25, 0.3) is 0 Å². The molecule has 0 aromatic carbocycles. The zero-order valence-electron chi connectivity index (χ0n) is 9.93. The summed E-state index contributed by atoms with van der Waals surface area (Å²) >= 11 is 7.24. The lowest BCUT2D eigenvalue weighted by Gasteiger charge is -2.18. The molecule has 1 aromatic rings. The van der Waals surface area contributed by atoms with Crippen molar-refractivity contribution in [2.45, 2.75) is 36.6 Å². The molecule has 2 N–H and O–H groups in total. The van der Waals surface area contributed by atoms with Crippen LogP contribution in [0.4, 0.5) is 0 Å². The van der Waals surface area contributed by atoms with Crippen molar-refractivity contribution in [3.05, 3.63) is 21.3 Å². The van der Waals surface area contributed by atoms with Gasteiger partial charge in [-0.1, -0.05) is 11.6 Å². The Morgan fingerprint density at radius 3 is 2.68 bits per heavy atom. The molecule has 1 amide bonds. The van der Waals surface area contributed by atoms with Crippen LogP contribution in [0.3, 0.4) is 0 Å². The Labute approximate surface area is 120 Å². The van der Waals surface area contributed by atoms with E-state index in [1.54, 1.807) is 6.07 Å². The van der Waals surface area contributed by atoms with Crippen molar-refractivity contribution in [3.8, 4) is 0 Å². The van der Waals surface area contributed by atoms with Crippen molar-refractivity contribution >= 4 is 38.9 Å². The third kappa shape index (κ3) is 2.79. The van der Waals surface area contributed by atoms with Gasteiger partial charge in [-0.25, -0.2) is 13.1 Å². The van der Waals surface area contributed by atoms with Gasteiger partial charge in [-0.05, 0) is 25.0 Å². The molecule has 0 unspecified atom stereocenters. The molecule has 8 heteroatoms. The van der Waals surface area contributed by atoms with Crippen molar-refractivity contribution in [1.29, 1.82) is 0 Å². The fraction of sp³-hybridized carbons (Fsp3) is 0.545. The van der Waals surface area contributed by atoms with Crippen LogP contribution in [0, 0.1) is 0 Å². The van der Waals surface area contributed by atoms with Gasteiger partial charge in [0.25, 0.3) is 0 Å². The van der Waals surface area contributed by atoms with Crippen molar-refractivity contribution in [3.63, 3.8) is 0 Å². The molecule has 1 saturated carbocycles. The molecule has 0 radical (unpaired) electrons. The SMILES string of the molecule is O=C1C[C@H](NS(=O)(=O)C2CC2)[C@@H](c2ccc(Cl)s2)N1. The van der Waals surface area contributed by atoms with E-state index in [1.165, 1.54) is 11.3 Å². The summed E-state index contributed by atoms with van der Waals surface area (Å²) in [5.41, 5.74) is 0. The van der Waals surface area contributed by atoms with Crippen LogP contribution in [0.2, 0.25) is 4.34 Å². The minimum Gasteiger partial charge on any atom is -0.347 e. The first kappa shape index (κ1) is 13.4. The Morgan fingerprint density at radius 2 is 2.11 bits per heavy atom. The average molecular weight is 321 g/mol. The van der Waals surface area contributed by atoms with Gasteiger partial charge in [-0.2, -0.15) is 0 Å². The summed E-state index contributed by atoms with van der Waals surface area (Å²) in [6, 6.07) is 2.83. The highest BCUT2D eigenvalue weighted by Crippen LogP contribution is 2.34. The van der Waals surface area contributed by atoms with Crippen LogP contribution < -0.4 is 10.0 Å². The molecule has 2 heterocycles. The fourth-order valence-corrected chi connectivity index (χ4v) is 4.98. The average Bonchev–Trinajstić information content (AvgIpc) is 3.02. The molecule has 104 valence electrons. The quantitative estimate of drug-likeness (QED) is 0.881. The Kier molecular flexibility index (Phi) is 3.33. The fourth-order valence-electron chi connectivity index (χ4n) is 2.21. The number of hydrogen-bond acceptors (Lipinski definition) is 4. The number of carbonyl (C=O) groups is 1. The predicted octanol–water partition coefficient (Wildman–Crippen LogP) is 1.41. The number of halogens is 1. The number of thiophene rings is 1. The number of rotatable bonds is 4. The minimum absolute atomic E-state index is 0.141. The number of sulfonamides is 1. The second kappa shape index (κ2) is 4.73. The molecule has 0 spiro atoms. The molecule has 3 rings (SSSR count). The molecule has 2 fully saturated rings. The molecule has 1 aliphatic carbocycles. The molecule has 1 saturated heterocycles. The number of amides is 1. The Hall–Kier alpha value is -0.630. The van der Waals surface area contributed by atoms with E-state index in [4.69, 9.17) is 11.6 Å². The van der Waals surface area contributed by atoms with E-state index in [9.17, 15) is 13.2 Å². The van der Waals surface area contributed by atoms with Gasteiger partial charge in [0.05, 0.1) is 21.7 Å². The van der Waals surface area contributed by atoms with Gasteiger partial charge < -0.3 is 5.32 Å². The van der Waals surface area contributed by atoms with E-state index < -0.39 is 16.1 Å². The molecular weight excluding hydrogens is 308 g/mol. The van der Waals surface area contributed by atoms with Crippen LogP contribution in [0.1, 0.15) is 30.2 Å². The van der Waals surface area contributed by atoms with E-state index in [-0.39, 0.29) is 23.6 Å². The van der Waals surface area contributed by atoms with E-state index in [0.717, 1.165) is 4.88 Å². The number of hydrogen-bond donors (Lipinski definition) is 2. The van der Waals surface area contributed by atoms with Crippen molar-refractivity contribution in [2.75, 3.05) is 0 Å². The molecule has 1 aromatic heterocycles. The first-order valence-electron chi connectivity index (χ1n) is 6.01. The molecular formula is C11H13ClN2O3S2. The lowest BCUT2D eigenvalue weighted by atomic mass is 10.1. The second-order valence-corrected chi connectivity index (χ2v) is 8.60. The van der Waals surface area contributed by atoms with Gasteiger partial charge in [0.15, 0.2) is 0 Å². The first-order chi connectivity index (χ1) is 8.95. The third-order valence-electron chi connectivity index (χ3n) is 3.30. The molecule has 2 atom stereocenters. The van der Waals surface area contributed by atoms with Crippen LogP contribution in [0.5, 0.6) is 0 Å². The molecule has 0 bridgehead atoms. The highest BCUT2D eigenvalue weighted by atomic mass is 35.5. The topological polar surface area (TPSA) is 75.3 Å². The number of carbonyl (C=O) groups excluding carboxylic acids is 1. The van der Waals surface area contributed by atoms with Gasteiger partial charge in [0.1, 0.15) is 0 Å². The second-order valence-electron chi connectivity index (χ2n) is 4.86. The van der Waals surface area contributed by atoms with Crippen LogP contribution in [-0.4, -0.2) is 25.6 Å². The molecule has 2 aliphatic rings. The summed E-state index contributed by atoms with van der Waals surface area (Å²) < 4.78 is 27.2. The zero-order chi connectivity index (χ0) is 13.6. The lowest BCUT2D eigenvalue weighted by molar-refractivity contribution is -0.119. The van der Waals surface area contributed by atoms with Gasteiger partial charge in [-0.15, -0.1) is 11.3 Å². The van der Waals surface area contributed by atoms with Gasteiger partial charge >= 0.3 is 0 Å². The first-order valence-corrected chi connectivity index (χ1v) is 8.75. The molecule has 5 nitrogen and oxygen atoms in total. The van der Waals surface area contributed by atoms with E-state index in [1.807, 2.05) is 6.07 Å². The maximum Gasteiger partial charge on any atom is 0.222 e. The molecule has 19 heavy (non-hydrogen) atoms. The minimum atomic E-state index is -3.30. The monoisotopic (exact) mass is 320 g/mol. The van der Waals surface area contributed by atoms with E-state index >= 15 is 0 Å². The highest BCUT2D eigenvalue weighted by Gasteiger charge is 2.42. The van der Waals surface area contributed by atoms with E-state index in [2.05, 4.69) is 10.0 Å². The molecule has 1 aliphatic heterocycles. The lowest BCUT2D eigenvalue weighted by Crippen LogP contribution is -2.39. The van der Waals surface area contributed by atoms with Crippen molar-refractivity contribution < 1.29 is 13.2 Å². The Bertz CT molecular complexity index is 609. The van der Waals surface area contributed by atoms with Gasteiger partial charge in [0, 0.05) is 11.3 Å². The van der Waals surface area contributed by atoms with Gasteiger partial charge in [-0.3, -0.25) is 4.79 Å². The van der Waals surface area contributed by atoms with Crippen LogP contribution in [-0.2, 0) is 14.8 Å². The summed E-state index contributed by atoms with van der Waals surface area (Å²) in [6.45, 7) is 0. The summed E-state index contributed by atoms with van der Waals surface area (Å²) in [5.74, 6) is -0.141. The summed E-state index contributed by atoms with van der Waals surface area (Å²) in [6.07, 6.45) is 1.59. The van der Waals surface area contributed by atoms with Crippen LogP contribution >= 0.6 is 22.9 Å². The summed E-state index contributed by atoms with van der Waals surface area (Å²) in [5, 5.41) is 2.52. The maximum atomic E-state index is 12.0. The highest BCUT2D eigenvalue weighted by molar-refractivity contribution is 7.90. The third-order valence-corrected chi connectivity index (χ3v) is 6.60.